The van der Waals surface area contributed by atoms with Crippen molar-refractivity contribution in [3.63, 3.8) is 0 Å². The van der Waals surface area contributed by atoms with E-state index in [9.17, 15) is 9.59 Å². The van der Waals surface area contributed by atoms with Gasteiger partial charge in [0.25, 0.3) is 0 Å². The highest BCUT2D eigenvalue weighted by atomic mass is 35.5. The van der Waals surface area contributed by atoms with Crippen molar-refractivity contribution < 1.29 is 9.59 Å². The molecule has 0 unspecified atom stereocenters. The van der Waals surface area contributed by atoms with Gasteiger partial charge in [0.1, 0.15) is 0 Å². The Labute approximate surface area is 141 Å². The Hall–Kier alpha value is -1.55. The Morgan fingerprint density at radius 2 is 2.09 bits per heavy atom. The summed E-state index contributed by atoms with van der Waals surface area (Å²) in [6.45, 7) is 1.19. The normalized spacial score (nSPS) is 29.7. The molecule has 0 radical (unpaired) electrons. The molecule has 0 bridgehead atoms. The highest BCUT2D eigenvalue weighted by Gasteiger charge is 2.54. The lowest BCUT2D eigenvalue weighted by atomic mass is 9.76. The number of halogens is 1. The summed E-state index contributed by atoms with van der Waals surface area (Å²) < 4.78 is 0. The first-order chi connectivity index (χ1) is 11.1. The molecular weight excluding hydrogens is 312 g/mol. The van der Waals surface area contributed by atoms with Crippen LogP contribution in [0, 0.1) is 5.92 Å². The third kappa shape index (κ3) is 2.53. The molecule has 2 saturated heterocycles. The maximum Gasteiger partial charge on any atom is 0.232 e. The van der Waals surface area contributed by atoms with Gasteiger partial charge in [-0.05, 0) is 43.2 Å². The topological polar surface area (TPSA) is 49.4 Å². The standard InChI is InChI=1S/C18H21ClN2O2/c19-15-4-2-1-3-14(15)18(17(23)20-10-12-5-6-12)9-13-7-8-16(22)21(13)11-18/h1-4,12-13H,5-11H2,(H,20,23)/t13-,18-/m0/s1. The second kappa shape index (κ2) is 5.52. The fraction of sp³-hybridized carbons (Fsp3) is 0.556. The Morgan fingerprint density at radius 1 is 1.30 bits per heavy atom. The average molecular weight is 333 g/mol. The summed E-state index contributed by atoms with van der Waals surface area (Å²) in [6.07, 6.45) is 4.53. The van der Waals surface area contributed by atoms with E-state index in [1.807, 2.05) is 29.2 Å². The van der Waals surface area contributed by atoms with Gasteiger partial charge in [0.05, 0.1) is 5.41 Å². The molecule has 0 spiro atoms. The van der Waals surface area contributed by atoms with Crippen LogP contribution < -0.4 is 5.32 Å². The number of carbonyl (C=O) groups excluding carboxylic acids is 2. The third-order valence-electron chi connectivity index (χ3n) is 5.55. The molecule has 3 fully saturated rings. The number of fused-ring (bicyclic) bond motifs is 1. The van der Waals surface area contributed by atoms with E-state index in [1.165, 1.54) is 12.8 Å². The Kier molecular flexibility index (Phi) is 3.60. The van der Waals surface area contributed by atoms with E-state index in [1.54, 1.807) is 0 Å². The molecule has 4 nitrogen and oxygen atoms in total. The Bertz CT molecular complexity index is 658. The SMILES string of the molecule is O=C1CC[C@H]2C[C@@](C(=O)NCC3CC3)(c3ccccc3Cl)CN12. The van der Waals surface area contributed by atoms with Crippen LogP contribution in [0.5, 0.6) is 0 Å². The molecule has 1 aliphatic carbocycles. The van der Waals surface area contributed by atoms with Gasteiger partial charge in [-0.2, -0.15) is 0 Å². The number of rotatable bonds is 4. The quantitative estimate of drug-likeness (QED) is 0.921. The van der Waals surface area contributed by atoms with Crippen LogP contribution in [0.15, 0.2) is 24.3 Å². The number of nitrogens with zero attached hydrogens (tertiary/aromatic N) is 1. The largest absolute Gasteiger partial charge is 0.355 e. The summed E-state index contributed by atoms with van der Waals surface area (Å²) in [4.78, 5) is 27.1. The van der Waals surface area contributed by atoms with Gasteiger partial charge < -0.3 is 10.2 Å². The average Bonchev–Trinajstić information content (AvgIpc) is 3.20. The van der Waals surface area contributed by atoms with Crippen molar-refractivity contribution in [2.45, 2.75) is 43.6 Å². The molecule has 2 heterocycles. The van der Waals surface area contributed by atoms with E-state index in [0.29, 0.717) is 30.3 Å². The van der Waals surface area contributed by atoms with Crippen LogP contribution >= 0.6 is 11.6 Å². The second-order valence-electron chi connectivity index (χ2n) is 7.13. The summed E-state index contributed by atoms with van der Waals surface area (Å²) in [5.74, 6) is 0.823. The lowest BCUT2D eigenvalue weighted by Gasteiger charge is -2.29. The number of hydrogen-bond donors (Lipinski definition) is 1. The lowest BCUT2D eigenvalue weighted by Crippen LogP contribution is -2.47. The predicted molar refractivity (Wildman–Crippen MR) is 88.2 cm³/mol. The van der Waals surface area contributed by atoms with E-state index >= 15 is 0 Å². The maximum atomic E-state index is 13.1. The summed E-state index contributed by atoms with van der Waals surface area (Å²) in [6, 6.07) is 7.74. The van der Waals surface area contributed by atoms with Crippen molar-refractivity contribution in [2.24, 2.45) is 5.92 Å². The van der Waals surface area contributed by atoms with Gasteiger partial charge >= 0.3 is 0 Å². The summed E-state index contributed by atoms with van der Waals surface area (Å²) in [7, 11) is 0. The molecule has 5 heteroatoms. The lowest BCUT2D eigenvalue weighted by molar-refractivity contribution is -0.129. The third-order valence-corrected chi connectivity index (χ3v) is 5.88. The van der Waals surface area contributed by atoms with Crippen LogP contribution in [0.4, 0.5) is 0 Å². The van der Waals surface area contributed by atoms with E-state index in [2.05, 4.69) is 5.32 Å². The van der Waals surface area contributed by atoms with Crippen molar-refractivity contribution >= 4 is 23.4 Å². The molecule has 1 saturated carbocycles. The number of carbonyl (C=O) groups is 2. The number of hydrogen-bond acceptors (Lipinski definition) is 2. The number of nitrogens with one attached hydrogen (secondary N) is 1. The minimum absolute atomic E-state index is 0.0275. The summed E-state index contributed by atoms with van der Waals surface area (Å²) in [5.41, 5.74) is 0.158. The van der Waals surface area contributed by atoms with Crippen LogP contribution in [-0.4, -0.2) is 35.8 Å². The molecule has 0 aromatic heterocycles. The molecular formula is C18H21ClN2O2. The second-order valence-corrected chi connectivity index (χ2v) is 7.54. The zero-order valence-electron chi connectivity index (χ0n) is 13.1. The Morgan fingerprint density at radius 3 is 2.78 bits per heavy atom. The van der Waals surface area contributed by atoms with Crippen molar-refractivity contribution in [2.75, 3.05) is 13.1 Å². The van der Waals surface area contributed by atoms with Gasteiger partial charge in [0.2, 0.25) is 11.8 Å². The van der Waals surface area contributed by atoms with Gasteiger partial charge in [-0.25, -0.2) is 0 Å². The fourth-order valence-corrected chi connectivity index (χ4v) is 4.36. The van der Waals surface area contributed by atoms with Gasteiger partial charge in [-0.1, -0.05) is 29.8 Å². The van der Waals surface area contributed by atoms with Gasteiger partial charge in [-0.3, -0.25) is 9.59 Å². The summed E-state index contributed by atoms with van der Waals surface area (Å²) in [5, 5.41) is 3.74. The minimum atomic E-state index is -0.700. The smallest absolute Gasteiger partial charge is 0.232 e. The zero-order valence-corrected chi connectivity index (χ0v) is 13.8. The highest BCUT2D eigenvalue weighted by molar-refractivity contribution is 6.31. The van der Waals surface area contributed by atoms with Gasteiger partial charge in [0.15, 0.2) is 0 Å². The number of amides is 2. The molecule has 3 aliphatic rings. The van der Waals surface area contributed by atoms with Crippen molar-refractivity contribution in [3.8, 4) is 0 Å². The molecule has 23 heavy (non-hydrogen) atoms. The first-order valence-electron chi connectivity index (χ1n) is 8.43. The highest BCUT2D eigenvalue weighted by Crippen LogP contribution is 2.45. The monoisotopic (exact) mass is 332 g/mol. The number of benzene rings is 1. The van der Waals surface area contributed by atoms with Gasteiger partial charge in [0, 0.05) is 30.6 Å². The van der Waals surface area contributed by atoms with Crippen molar-refractivity contribution in [1.29, 1.82) is 0 Å². The molecule has 1 N–H and O–H groups in total. The molecule has 1 aromatic carbocycles. The first-order valence-corrected chi connectivity index (χ1v) is 8.81. The van der Waals surface area contributed by atoms with Crippen molar-refractivity contribution in [3.05, 3.63) is 34.9 Å². The van der Waals surface area contributed by atoms with E-state index < -0.39 is 5.41 Å². The molecule has 2 amide bonds. The summed E-state index contributed by atoms with van der Waals surface area (Å²) >= 11 is 6.42. The van der Waals surface area contributed by atoms with Crippen LogP contribution in [0.1, 0.15) is 37.7 Å². The molecule has 2 aliphatic heterocycles. The van der Waals surface area contributed by atoms with Crippen LogP contribution in [0.3, 0.4) is 0 Å². The van der Waals surface area contributed by atoms with E-state index in [0.717, 1.165) is 18.5 Å². The first kappa shape index (κ1) is 15.0. The van der Waals surface area contributed by atoms with Crippen LogP contribution in [0.2, 0.25) is 5.02 Å². The van der Waals surface area contributed by atoms with Crippen LogP contribution in [0.25, 0.3) is 0 Å². The molecule has 1 aromatic rings. The van der Waals surface area contributed by atoms with Gasteiger partial charge in [-0.15, -0.1) is 0 Å². The Balaban J connectivity index is 1.67. The minimum Gasteiger partial charge on any atom is -0.355 e. The molecule has 4 rings (SSSR count). The predicted octanol–water partition coefficient (Wildman–Crippen LogP) is 2.50. The zero-order chi connectivity index (χ0) is 16.0. The molecule has 2 atom stereocenters. The molecule has 122 valence electrons. The van der Waals surface area contributed by atoms with Crippen LogP contribution in [-0.2, 0) is 15.0 Å². The maximum absolute atomic E-state index is 13.1. The van der Waals surface area contributed by atoms with E-state index in [4.69, 9.17) is 11.6 Å². The van der Waals surface area contributed by atoms with Crippen molar-refractivity contribution in [1.82, 2.24) is 10.2 Å². The van der Waals surface area contributed by atoms with E-state index in [-0.39, 0.29) is 17.9 Å². The fourth-order valence-electron chi connectivity index (χ4n) is 4.04.